The molecule has 1 unspecified atom stereocenters. The number of carbonyl (C=O) groups excluding carboxylic acids is 1. The molecule has 0 radical (unpaired) electrons. The van der Waals surface area contributed by atoms with Gasteiger partial charge in [0, 0.05) is 32.2 Å². The Labute approximate surface area is 126 Å². The molecule has 116 valence electrons. The highest BCUT2D eigenvalue weighted by Crippen LogP contribution is 2.03. The summed E-state index contributed by atoms with van der Waals surface area (Å²) in [5.41, 5.74) is 1.16. The molecule has 1 saturated heterocycles. The van der Waals surface area contributed by atoms with Crippen LogP contribution in [0.4, 0.5) is 0 Å². The number of hydrogen-bond acceptors (Lipinski definition) is 4. The van der Waals surface area contributed by atoms with Crippen LogP contribution >= 0.6 is 0 Å². The highest BCUT2D eigenvalue weighted by molar-refractivity contribution is 5.78. The molecular weight excluding hydrogens is 266 g/mol. The minimum absolute atomic E-state index is 0.0327. The first kappa shape index (κ1) is 15.9. The lowest BCUT2D eigenvalue weighted by atomic mass is 10.1. The molecule has 1 aliphatic heterocycles. The van der Waals surface area contributed by atoms with Crippen LogP contribution in [-0.2, 0) is 11.2 Å². The van der Waals surface area contributed by atoms with Crippen molar-refractivity contribution < 1.29 is 9.90 Å². The van der Waals surface area contributed by atoms with Crippen molar-refractivity contribution in [3.8, 4) is 0 Å². The van der Waals surface area contributed by atoms with Gasteiger partial charge in [0.25, 0.3) is 0 Å². The van der Waals surface area contributed by atoms with Gasteiger partial charge in [-0.1, -0.05) is 30.3 Å². The molecule has 21 heavy (non-hydrogen) atoms. The van der Waals surface area contributed by atoms with Crippen LogP contribution in [0.1, 0.15) is 5.56 Å². The fraction of sp³-hybridized carbons (Fsp3) is 0.562. The van der Waals surface area contributed by atoms with Gasteiger partial charge in [0.2, 0.25) is 5.91 Å². The molecule has 2 rings (SSSR count). The van der Waals surface area contributed by atoms with Gasteiger partial charge < -0.3 is 20.2 Å². The average molecular weight is 291 g/mol. The zero-order chi connectivity index (χ0) is 15.1. The predicted molar refractivity (Wildman–Crippen MR) is 83.1 cm³/mol. The van der Waals surface area contributed by atoms with Crippen LogP contribution in [0.2, 0.25) is 0 Å². The molecule has 0 spiro atoms. The fourth-order valence-corrected chi connectivity index (χ4v) is 2.50. The summed E-state index contributed by atoms with van der Waals surface area (Å²) in [4.78, 5) is 16.3. The van der Waals surface area contributed by atoms with Crippen LogP contribution in [0, 0.1) is 0 Å². The molecule has 1 aromatic rings. The number of piperazine rings is 1. The van der Waals surface area contributed by atoms with Crippen molar-refractivity contribution in [1.29, 1.82) is 0 Å². The van der Waals surface area contributed by atoms with Crippen molar-refractivity contribution in [2.75, 3.05) is 46.4 Å². The maximum atomic E-state index is 12.1. The molecule has 0 aromatic heterocycles. The molecule has 1 aromatic carbocycles. The van der Waals surface area contributed by atoms with E-state index in [9.17, 15) is 9.90 Å². The van der Waals surface area contributed by atoms with Crippen molar-refractivity contribution in [3.63, 3.8) is 0 Å². The van der Waals surface area contributed by atoms with Gasteiger partial charge in [-0.15, -0.1) is 0 Å². The number of aliphatic hydroxyl groups is 1. The third-order valence-electron chi connectivity index (χ3n) is 3.94. The molecule has 1 heterocycles. The van der Waals surface area contributed by atoms with E-state index in [1.54, 1.807) is 0 Å². The second-order valence-corrected chi connectivity index (χ2v) is 5.63. The van der Waals surface area contributed by atoms with Crippen molar-refractivity contribution in [2.45, 2.75) is 12.5 Å². The average Bonchev–Trinajstić information content (AvgIpc) is 2.52. The van der Waals surface area contributed by atoms with Gasteiger partial charge in [-0.25, -0.2) is 0 Å². The lowest BCUT2D eigenvalue weighted by Crippen LogP contribution is -2.51. The molecule has 0 bridgehead atoms. The Bertz CT molecular complexity index is 430. The minimum atomic E-state index is -0.0798. The van der Waals surface area contributed by atoms with E-state index >= 15 is 0 Å². The number of nitrogens with one attached hydrogen (secondary N) is 1. The largest absolute Gasteiger partial charge is 0.395 e. The van der Waals surface area contributed by atoms with E-state index in [1.165, 1.54) is 0 Å². The van der Waals surface area contributed by atoms with Crippen molar-refractivity contribution >= 4 is 5.91 Å². The summed E-state index contributed by atoms with van der Waals surface area (Å²) in [5.74, 6) is 0.120. The second kappa shape index (κ2) is 8.12. The Balaban J connectivity index is 1.76. The van der Waals surface area contributed by atoms with Crippen LogP contribution in [0.15, 0.2) is 30.3 Å². The number of likely N-dealkylation sites (N-methyl/N-ethyl adjacent to an activating group) is 1. The summed E-state index contributed by atoms with van der Waals surface area (Å²) >= 11 is 0. The monoisotopic (exact) mass is 291 g/mol. The molecule has 1 fully saturated rings. The SMILES string of the molecule is CN1CCN(C(=O)CNC(CO)Cc2ccccc2)CC1. The van der Waals surface area contributed by atoms with Gasteiger partial charge >= 0.3 is 0 Å². The fourth-order valence-electron chi connectivity index (χ4n) is 2.50. The summed E-state index contributed by atoms with van der Waals surface area (Å²) < 4.78 is 0. The number of nitrogens with zero attached hydrogens (tertiary/aromatic N) is 2. The quantitative estimate of drug-likeness (QED) is 0.772. The Hall–Kier alpha value is -1.43. The van der Waals surface area contributed by atoms with Crippen LogP contribution in [-0.4, -0.2) is 73.2 Å². The van der Waals surface area contributed by atoms with Crippen molar-refractivity contribution in [1.82, 2.24) is 15.1 Å². The number of amides is 1. The van der Waals surface area contributed by atoms with E-state index in [2.05, 4.69) is 17.3 Å². The maximum Gasteiger partial charge on any atom is 0.236 e. The molecule has 5 nitrogen and oxygen atoms in total. The summed E-state index contributed by atoms with van der Waals surface area (Å²) in [5, 5.41) is 12.6. The van der Waals surface area contributed by atoms with Crippen molar-refractivity contribution in [2.24, 2.45) is 0 Å². The van der Waals surface area contributed by atoms with Crippen LogP contribution in [0.3, 0.4) is 0 Å². The zero-order valence-electron chi connectivity index (χ0n) is 12.7. The molecular formula is C16H25N3O2. The van der Waals surface area contributed by atoms with Gasteiger partial charge in [-0.05, 0) is 19.0 Å². The number of aliphatic hydroxyl groups excluding tert-OH is 1. The van der Waals surface area contributed by atoms with E-state index < -0.39 is 0 Å². The Morgan fingerprint density at radius 3 is 2.52 bits per heavy atom. The maximum absolute atomic E-state index is 12.1. The first-order valence-corrected chi connectivity index (χ1v) is 7.53. The molecule has 1 atom stereocenters. The number of benzene rings is 1. The number of rotatable bonds is 6. The van der Waals surface area contributed by atoms with Gasteiger partial charge in [-0.3, -0.25) is 4.79 Å². The topological polar surface area (TPSA) is 55.8 Å². The molecule has 2 N–H and O–H groups in total. The van der Waals surface area contributed by atoms with Crippen LogP contribution in [0.25, 0.3) is 0 Å². The van der Waals surface area contributed by atoms with E-state index in [4.69, 9.17) is 0 Å². The van der Waals surface area contributed by atoms with Gasteiger partial charge in [0.1, 0.15) is 0 Å². The molecule has 1 amide bonds. The van der Waals surface area contributed by atoms with E-state index in [0.717, 1.165) is 38.2 Å². The molecule has 1 aliphatic rings. The summed E-state index contributed by atoms with van der Waals surface area (Å²) in [7, 11) is 2.07. The minimum Gasteiger partial charge on any atom is -0.395 e. The van der Waals surface area contributed by atoms with Crippen LogP contribution in [0.5, 0.6) is 0 Å². The first-order chi connectivity index (χ1) is 10.2. The Morgan fingerprint density at radius 1 is 1.24 bits per heavy atom. The molecule has 0 aliphatic carbocycles. The highest BCUT2D eigenvalue weighted by Gasteiger charge is 2.19. The normalized spacial score (nSPS) is 17.7. The third-order valence-corrected chi connectivity index (χ3v) is 3.94. The summed E-state index contributed by atoms with van der Waals surface area (Å²) in [6.07, 6.45) is 0.730. The zero-order valence-corrected chi connectivity index (χ0v) is 12.7. The standard InChI is InChI=1S/C16H25N3O2/c1-18-7-9-19(10-8-18)16(21)12-17-15(13-20)11-14-5-3-2-4-6-14/h2-6,15,17,20H,7-13H2,1H3. The second-order valence-electron chi connectivity index (χ2n) is 5.63. The lowest BCUT2D eigenvalue weighted by molar-refractivity contribution is -0.131. The highest BCUT2D eigenvalue weighted by atomic mass is 16.3. The van der Waals surface area contributed by atoms with E-state index in [0.29, 0.717) is 6.54 Å². The number of carbonyl (C=O) groups is 1. The number of hydrogen-bond donors (Lipinski definition) is 2. The third kappa shape index (κ3) is 5.12. The Kier molecular flexibility index (Phi) is 6.17. The Morgan fingerprint density at radius 2 is 1.90 bits per heavy atom. The smallest absolute Gasteiger partial charge is 0.236 e. The van der Waals surface area contributed by atoms with Crippen LogP contribution < -0.4 is 5.32 Å². The summed E-state index contributed by atoms with van der Waals surface area (Å²) in [6, 6.07) is 9.93. The predicted octanol–water partition coefficient (Wildman–Crippen LogP) is -0.0464. The molecule has 5 heteroatoms. The lowest BCUT2D eigenvalue weighted by Gasteiger charge is -2.32. The van der Waals surface area contributed by atoms with E-state index in [1.807, 2.05) is 35.2 Å². The van der Waals surface area contributed by atoms with Gasteiger partial charge in [-0.2, -0.15) is 0 Å². The van der Waals surface area contributed by atoms with Crippen molar-refractivity contribution in [3.05, 3.63) is 35.9 Å². The first-order valence-electron chi connectivity index (χ1n) is 7.53. The van der Waals surface area contributed by atoms with Gasteiger partial charge in [0.15, 0.2) is 0 Å². The van der Waals surface area contributed by atoms with Gasteiger partial charge in [0.05, 0.1) is 13.2 Å². The molecule has 0 saturated carbocycles. The van der Waals surface area contributed by atoms with E-state index in [-0.39, 0.29) is 18.6 Å². The summed E-state index contributed by atoms with van der Waals surface area (Å²) in [6.45, 7) is 3.77.